The van der Waals surface area contributed by atoms with Crippen molar-refractivity contribution >= 4 is 41.0 Å². The summed E-state index contributed by atoms with van der Waals surface area (Å²) in [5, 5.41) is 3.62. The predicted molar refractivity (Wildman–Crippen MR) is 133 cm³/mol. The molecule has 0 unspecified atom stereocenters. The zero-order valence-corrected chi connectivity index (χ0v) is 21.3. The highest BCUT2D eigenvalue weighted by Crippen LogP contribution is 2.29. The van der Waals surface area contributed by atoms with Gasteiger partial charge in [-0.05, 0) is 26.8 Å². The first-order valence-corrected chi connectivity index (χ1v) is 12.3. The molecule has 2 aliphatic rings. The second-order valence-corrected chi connectivity index (χ2v) is 9.69. The first-order chi connectivity index (χ1) is 16.7. The molecule has 2 aliphatic heterocycles. The molecule has 190 valence electrons. The Morgan fingerprint density at radius 1 is 1.14 bits per heavy atom. The lowest BCUT2D eigenvalue weighted by molar-refractivity contribution is 0.0801. The molecule has 0 aromatic carbocycles. The minimum atomic E-state index is -0.622. The van der Waals surface area contributed by atoms with E-state index in [4.69, 9.17) is 33.7 Å². The van der Waals surface area contributed by atoms with E-state index >= 15 is 0 Å². The van der Waals surface area contributed by atoms with Crippen LogP contribution in [0.4, 0.5) is 5.95 Å². The Morgan fingerprint density at radius 3 is 2.43 bits per heavy atom. The number of amides is 2. The van der Waals surface area contributed by atoms with Gasteiger partial charge in [-0.3, -0.25) is 14.5 Å². The fourth-order valence-electron chi connectivity index (χ4n) is 4.11. The van der Waals surface area contributed by atoms with Crippen LogP contribution in [0.2, 0.25) is 10.0 Å². The summed E-state index contributed by atoms with van der Waals surface area (Å²) < 4.78 is 5.91. The maximum atomic E-state index is 12.6. The van der Waals surface area contributed by atoms with Gasteiger partial charge in [0.2, 0.25) is 11.8 Å². The zero-order valence-electron chi connectivity index (χ0n) is 19.8. The minimum Gasteiger partial charge on any atom is -0.461 e. The predicted octanol–water partition coefficient (Wildman–Crippen LogP) is 1.50. The number of aromatic amines is 1. The van der Waals surface area contributed by atoms with Gasteiger partial charge >= 0.3 is 0 Å². The maximum Gasteiger partial charge on any atom is 0.269 e. The molecule has 2 amide bonds. The zero-order chi connectivity index (χ0) is 25.1. The average Bonchev–Trinajstić information content (AvgIpc) is 3.11. The number of ether oxygens (including phenoxy) is 1. The van der Waals surface area contributed by atoms with E-state index in [1.807, 2.05) is 4.90 Å². The van der Waals surface area contributed by atoms with Crippen molar-refractivity contribution in [3.8, 4) is 5.88 Å². The minimum absolute atomic E-state index is 0.0153. The van der Waals surface area contributed by atoms with Gasteiger partial charge in [0.05, 0.1) is 10.0 Å². The third-order valence-corrected chi connectivity index (χ3v) is 7.28. The number of H-pyrrole nitrogens is 1. The van der Waals surface area contributed by atoms with E-state index < -0.39 is 5.91 Å². The summed E-state index contributed by atoms with van der Waals surface area (Å²) in [6.07, 6.45) is 1.51. The van der Waals surface area contributed by atoms with Crippen LogP contribution in [0.5, 0.6) is 5.88 Å². The highest BCUT2D eigenvalue weighted by Gasteiger charge is 2.25. The van der Waals surface area contributed by atoms with E-state index in [-0.39, 0.29) is 28.4 Å². The van der Waals surface area contributed by atoms with Crippen LogP contribution >= 0.6 is 23.2 Å². The van der Waals surface area contributed by atoms with Gasteiger partial charge in [-0.2, -0.15) is 4.98 Å². The lowest BCUT2D eigenvalue weighted by Gasteiger charge is -2.33. The van der Waals surface area contributed by atoms with Gasteiger partial charge in [-0.25, -0.2) is 4.98 Å². The van der Waals surface area contributed by atoms with E-state index in [0.29, 0.717) is 29.3 Å². The van der Waals surface area contributed by atoms with Crippen LogP contribution in [0.25, 0.3) is 0 Å². The first kappa shape index (κ1) is 25.5. The van der Waals surface area contributed by atoms with Crippen LogP contribution in [0, 0.1) is 6.92 Å². The molecule has 0 aliphatic carbocycles. The number of aromatic nitrogens is 3. The molecule has 0 radical (unpaired) electrons. The van der Waals surface area contributed by atoms with E-state index in [1.165, 1.54) is 6.07 Å². The van der Waals surface area contributed by atoms with Crippen molar-refractivity contribution in [2.24, 2.45) is 5.73 Å². The second-order valence-electron chi connectivity index (χ2n) is 8.94. The molecular weight excluding hydrogens is 495 g/mol. The molecule has 4 N–H and O–H groups in total. The standard InChI is InChI=1S/C22H30Cl2N8O3/c1-13-17(23)18(24)19(26-13)21(34)27-14-3-5-31(6-4-14)12-35-16-11-15(20(25)33)28-22(29-16)32-9-7-30(2)8-10-32/h11,14,26H,3-10,12H2,1-2H3,(H2,25,33)(H,27,34). The molecule has 4 heterocycles. The topological polar surface area (TPSA) is 133 Å². The van der Waals surface area contributed by atoms with Crippen LogP contribution in [-0.2, 0) is 0 Å². The number of nitrogens with zero attached hydrogens (tertiary/aromatic N) is 5. The van der Waals surface area contributed by atoms with Crippen molar-refractivity contribution in [1.29, 1.82) is 0 Å². The van der Waals surface area contributed by atoms with E-state index in [1.54, 1.807) is 6.92 Å². The first-order valence-electron chi connectivity index (χ1n) is 11.5. The van der Waals surface area contributed by atoms with E-state index in [0.717, 1.165) is 52.1 Å². The number of aryl methyl sites for hydroxylation is 1. The van der Waals surface area contributed by atoms with Gasteiger partial charge in [0.15, 0.2) is 0 Å². The number of nitrogens with one attached hydrogen (secondary N) is 2. The fourth-order valence-corrected chi connectivity index (χ4v) is 4.53. The lowest BCUT2D eigenvalue weighted by Crippen LogP contribution is -2.46. The number of halogens is 2. The highest BCUT2D eigenvalue weighted by molar-refractivity contribution is 6.44. The van der Waals surface area contributed by atoms with Gasteiger partial charge in [-0.1, -0.05) is 23.2 Å². The molecule has 4 rings (SSSR count). The van der Waals surface area contributed by atoms with Gasteiger partial charge in [0.25, 0.3) is 11.8 Å². The average molecular weight is 525 g/mol. The Balaban J connectivity index is 1.30. The molecule has 11 nitrogen and oxygen atoms in total. The third-order valence-electron chi connectivity index (χ3n) is 6.33. The van der Waals surface area contributed by atoms with Crippen LogP contribution in [0.1, 0.15) is 39.5 Å². The van der Waals surface area contributed by atoms with Gasteiger partial charge in [0.1, 0.15) is 18.1 Å². The normalized spacial score (nSPS) is 18.0. The number of nitrogens with two attached hydrogens (primary N) is 1. The van der Waals surface area contributed by atoms with Crippen molar-refractivity contribution in [2.45, 2.75) is 25.8 Å². The summed E-state index contributed by atoms with van der Waals surface area (Å²) in [5.41, 5.74) is 6.56. The molecule has 13 heteroatoms. The molecule has 35 heavy (non-hydrogen) atoms. The summed E-state index contributed by atoms with van der Waals surface area (Å²) in [4.78, 5) is 42.5. The quantitative estimate of drug-likeness (QED) is 0.496. The number of primary amides is 1. The van der Waals surface area contributed by atoms with Crippen LogP contribution in [0.3, 0.4) is 0 Å². The number of piperidine rings is 1. The van der Waals surface area contributed by atoms with Crippen LogP contribution in [-0.4, -0.2) is 95.7 Å². The summed E-state index contributed by atoms with van der Waals surface area (Å²) in [6.45, 7) is 6.80. The van der Waals surface area contributed by atoms with Crippen LogP contribution in [0.15, 0.2) is 6.07 Å². The number of carbonyl (C=O) groups is 2. The molecule has 0 saturated carbocycles. The number of carbonyl (C=O) groups excluding carboxylic acids is 2. The highest BCUT2D eigenvalue weighted by atomic mass is 35.5. The van der Waals surface area contributed by atoms with Crippen molar-refractivity contribution in [3.63, 3.8) is 0 Å². The van der Waals surface area contributed by atoms with E-state index in [2.05, 4.69) is 37.1 Å². The molecular formula is C22H30Cl2N8O3. The molecule has 2 aromatic rings. The number of rotatable bonds is 7. The summed E-state index contributed by atoms with van der Waals surface area (Å²) in [7, 11) is 2.06. The lowest BCUT2D eigenvalue weighted by atomic mass is 10.1. The smallest absolute Gasteiger partial charge is 0.269 e. The molecule has 2 fully saturated rings. The number of hydrogen-bond acceptors (Lipinski definition) is 8. The summed E-state index contributed by atoms with van der Waals surface area (Å²) >= 11 is 12.2. The van der Waals surface area contributed by atoms with Crippen molar-refractivity contribution in [3.05, 3.63) is 33.2 Å². The van der Waals surface area contributed by atoms with Gasteiger partial charge < -0.3 is 30.6 Å². The Kier molecular flexibility index (Phi) is 8.00. The van der Waals surface area contributed by atoms with Crippen molar-refractivity contribution in [1.82, 2.24) is 30.1 Å². The summed E-state index contributed by atoms with van der Waals surface area (Å²) in [5.74, 6) is -0.130. The molecule has 0 bridgehead atoms. The number of hydrogen-bond donors (Lipinski definition) is 3. The number of anilines is 1. The van der Waals surface area contributed by atoms with Crippen molar-refractivity contribution < 1.29 is 14.3 Å². The van der Waals surface area contributed by atoms with Gasteiger partial charge in [-0.15, -0.1) is 0 Å². The SMILES string of the molecule is Cc1[nH]c(C(=O)NC2CCN(COc3cc(C(N)=O)nc(N4CCN(C)CC4)n3)CC2)c(Cl)c1Cl. The number of likely N-dealkylation sites (N-methyl/N-ethyl adjacent to an activating group) is 1. The monoisotopic (exact) mass is 524 g/mol. The molecule has 2 aromatic heterocycles. The molecule has 0 atom stereocenters. The van der Waals surface area contributed by atoms with Crippen molar-refractivity contribution in [2.75, 3.05) is 57.9 Å². The molecule has 0 spiro atoms. The Hall–Kier alpha value is -2.60. The summed E-state index contributed by atoms with van der Waals surface area (Å²) in [6, 6.07) is 1.49. The fraction of sp³-hybridized carbons (Fsp3) is 0.545. The van der Waals surface area contributed by atoms with E-state index in [9.17, 15) is 9.59 Å². The largest absolute Gasteiger partial charge is 0.461 e. The number of likely N-dealkylation sites (tertiary alicyclic amines) is 1. The van der Waals surface area contributed by atoms with Crippen LogP contribution < -0.4 is 20.7 Å². The Bertz CT molecular complexity index is 1080. The second kappa shape index (κ2) is 11.0. The number of piperazine rings is 1. The third kappa shape index (κ3) is 6.16. The van der Waals surface area contributed by atoms with Gasteiger partial charge in [0, 0.05) is 57.1 Å². The molecule has 2 saturated heterocycles. The maximum absolute atomic E-state index is 12.6. The Morgan fingerprint density at radius 2 is 1.83 bits per heavy atom. The Labute approximate surface area is 213 Å².